The maximum absolute atomic E-state index is 11.1. The Morgan fingerprint density at radius 2 is 2.40 bits per heavy atom. The van der Waals surface area contributed by atoms with E-state index in [1.165, 1.54) is 24.9 Å². The Bertz CT molecular complexity index is 403. The van der Waals surface area contributed by atoms with Crippen molar-refractivity contribution in [3.8, 4) is 0 Å². The number of aromatic nitrogens is 2. The molecule has 0 amide bonds. The molecule has 0 N–H and O–H groups in total. The van der Waals surface area contributed by atoms with Crippen molar-refractivity contribution in [2.75, 3.05) is 7.11 Å². The Labute approximate surface area is 93.3 Å². The van der Waals surface area contributed by atoms with Crippen LogP contribution >= 0.6 is 15.9 Å². The Morgan fingerprint density at radius 3 is 2.80 bits per heavy atom. The van der Waals surface area contributed by atoms with Crippen LogP contribution in [0.1, 0.15) is 13.0 Å². The van der Waals surface area contributed by atoms with E-state index in [1.54, 1.807) is 0 Å². The molecule has 0 aromatic carbocycles. The van der Waals surface area contributed by atoms with Crippen molar-refractivity contribution >= 4 is 27.7 Å². The van der Waals surface area contributed by atoms with E-state index in [-0.39, 0.29) is 10.3 Å². The number of nitrogens with zero attached hydrogens (tertiary/aromatic N) is 3. The topological polar surface area (TPSA) is 87.3 Å². The standard InChI is InChI=1S/C7H8BrN3O4/c1-4(7(12)15-2)10-3-5(8)6(9-10)11(13)14/h3-4H,1-2H3. The van der Waals surface area contributed by atoms with Crippen molar-refractivity contribution in [3.63, 3.8) is 0 Å². The van der Waals surface area contributed by atoms with Gasteiger partial charge in [0.1, 0.15) is 4.47 Å². The van der Waals surface area contributed by atoms with Crippen molar-refractivity contribution in [3.05, 3.63) is 20.8 Å². The summed E-state index contributed by atoms with van der Waals surface area (Å²) in [7, 11) is 1.24. The lowest BCUT2D eigenvalue weighted by atomic mass is 10.3. The van der Waals surface area contributed by atoms with Crippen LogP contribution in [0.25, 0.3) is 0 Å². The zero-order valence-electron chi connectivity index (χ0n) is 8.01. The summed E-state index contributed by atoms with van der Waals surface area (Å²) in [6, 6.07) is -0.694. The maximum Gasteiger partial charge on any atom is 0.404 e. The average molecular weight is 278 g/mol. The van der Waals surface area contributed by atoms with Crippen LogP contribution in [0.4, 0.5) is 5.82 Å². The third-order valence-electron chi connectivity index (χ3n) is 1.78. The molecule has 0 saturated carbocycles. The summed E-state index contributed by atoms with van der Waals surface area (Å²) in [6.07, 6.45) is 1.36. The zero-order valence-corrected chi connectivity index (χ0v) is 9.59. The number of methoxy groups -OCH3 is 1. The fraction of sp³-hybridized carbons (Fsp3) is 0.429. The van der Waals surface area contributed by atoms with Gasteiger partial charge in [-0.1, -0.05) is 0 Å². The van der Waals surface area contributed by atoms with Crippen LogP contribution in [-0.2, 0) is 9.53 Å². The van der Waals surface area contributed by atoms with Gasteiger partial charge >= 0.3 is 11.8 Å². The predicted octanol–water partition coefficient (Wildman–Crippen LogP) is 1.29. The molecule has 0 aliphatic carbocycles. The molecule has 0 radical (unpaired) electrons. The monoisotopic (exact) mass is 277 g/mol. The van der Waals surface area contributed by atoms with Crippen LogP contribution in [0, 0.1) is 10.1 Å². The van der Waals surface area contributed by atoms with Gasteiger partial charge in [-0.3, -0.25) is 0 Å². The number of rotatable bonds is 3. The van der Waals surface area contributed by atoms with Crippen molar-refractivity contribution in [2.45, 2.75) is 13.0 Å². The number of esters is 1. The molecule has 8 heteroatoms. The summed E-state index contributed by atoms with van der Waals surface area (Å²) in [6.45, 7) is 1.54. The van der Waals surface area contributed by atoms with Gasteiger partial charge in [-0.25, -0.2) is 4.79 Å². The van der Waals surface area contributed by atoms with Crippen molar-refractivity contribution < 1.29 is 14.5 Å². The summed E-state index contributed by atoms with van der Waals surface area (Å²) in [5.41, 5.74) is 0. The van der Waals surface area contributed by atoms with Gasteiger partial charge in [0.25, 0.3) is 0 Å². The van der Waals surface area contributed by atoms with Crippen LogP contribution in [0.5, 0.6) is 0 Å². The van der Waals surface area contributed by atoms with Gasteiger partial charge in [-0.05, 0) is 27.8 Å². The highest BCUT2D eigenvalue weighted by Crippen LogP contribution is 2.24. The Hall–Kier alpha value is -1.44. The van der Waals surface area contributed by atoms with Crippen LogP contribution in [0.15, 0.2) is 10.7 Å². The summed E-state index contributed by atoms with van der Waals surface area (Å²) >= 11 is 2.98. The van der Waals surface area contributed by atoms with Gasteiger partial charge in [-0.15, -0.1) is 0 Å². The van der Waals surface area contributed by atoms with E-state index in [9.17, 15) is 14.9 Å². The molecule has 0 aliphatic heterocycles. The number of hydrogen-bond donors (Lipinski definition) is 0. The second kappa shape index (κ2) is 4.39. The first-order valence-electron chi connectivity index (χ1n) is 3.94. The fourth-order valence-electron chi connectivity index (χ4n) is 0.961. The molecule has 1 heterocycles. The van der Waals surface area contributed by atoms with Crippen LogP contribution in [0.3, 0.4) is 0 Å². The average Bonchev–Trinajstić information content (AvgIpc) is 2.58. The molecule has 1 atom stereocenters. The number of carbonyl (C=O) groups excluding carboxylic acids is 1. The molecule has 15 heavy (non-hydrogen) atoms. The van der Waals surface area contributed by atoms with Crippen LogP contribution in [0.2, 0.25) is 0 Å². The molecule has 82 valence electrons. The maximum atomic E-state index is 11.1. The number of hydrogen-bond acceptors (Lipinski definition) is 5. The van der Waals surface area contributed by atoms with Gasteiger partial charge in [0, 0.05) is 0 Å². The largest absolute Gasteiger partial charge is 0.467 e. The highest BCUT2D eigenvalue weighted by molar-refractivity contribution is 9.10. The highest BCUT2D eigenvalue weighted by Gasteiger charge is 2.25. The van der Waals surface area contributed by atoms with Crippen molar-refractivity contribution in [2.24, 2.45) is 0 Å². The molecular weight excluding hydrogens is 270 g/mol. The van der Waals surface area contributed by atoms with Gasteiger partial charge in [0.05, 0.1) is 18.4 Å². The molecule has 0 bridgehead atoms. The van der Waals surface area contributed by atoms with Crippen LogP contribution < -0.4 is 0 Å². The summed E-state index contributed by atoms with van der Waals surface area (Å²) in [4.78, 5) is 21.0. The molecule has 0 saturated heterocycles. The lowest BCUT2D eigenvalue weighted by Gasteiger charge is -2.04. The lowest BCUT2D eigenvalue weighted by Crippen LogP contribution is -2.18. The molecule has 1 unspecified atom stereocenters. The minimum atomic E-state index is -0.694. The van der Waals surface area contributed by atoms with E-state index in [4.69, 9.17) is 0 Å². The number of ether oxygens (including phenoxy) is 1. The van der Waals surface area contributed by atoms with Crippen molar-refractivity contribution in [1.29, 1.82) is 0 Å². The van der Waals surface area contributed by atoms with Crippen molar-refractivity contribution in [1.82, 2.24) is 9.78 Å². The smallest absolute Gasteiger partial charge is 0.404 e. The second-order valence-electron chi connectivity index (χ2n) is 2.74. The summed E-state index contributed by atoms with van der Waals surface area (Å²) in [5, 5.41) is 14.1. The number of nitro groups is 1. The third-order valence-corrected chi connectivity index (χ3v) is 2.34. The normalized spacial score (nSPS) is 12.2. The molecule has 1 rings (SSSR count). The second-order valence-corrected chi connectivity index (χ2v) is 3.59. The molecular formula is C7H8BrN3O4. The highest BCUT2D eigenvalue weighted by atomic mass is 79.9. The first-order chi connectivity index (χ1) is 6.97. The molecule has 1 aromatic rings. The lowest BCUT2D eigenvalue weighted by molar-refractivity contribution is -0.390. The van der Waals surface area contributed by atoms with Gasteiger partial charge in [-0.2, -0.15) is 4.68 Å². The predicted molar refractivity (Wildman–Crippen MR) is 53.3 cm³/mol. The fourth-order valence-corrected chi connectivity index (χ4v) is 1.39. The number of carbonyl (C=O) groups is 1. The Balaban J connectivity index is 3.02. The Morgan fingerprint density at radius 1 is 1.80 bits per heavy atom. The zero-order chi connectivity index (χ0) is 11.6. The van der Waals surface area contributed by atoms with E-state index in [0.29, 0.717) is 0 Å². The summed E-state index contributed by atoms with van der Waals surface area (Å²) in [5.74, 6) is -0.842. The summed E-state index contributed by atoms with van der Waals surface area (Å²) < 4.78 is 5.89. The number of halogens is 1. The minimum Gasteiger partial charge on any atom is -0.467 e. The first-order valence-corrected chi connectivity index (χ1v) is 4.73. The van der Waals surface area contributed by atoms with Gasteiger partial charge in [0.15, 0.2) is 6.04 Å². The van der Waals surface area contributed by atoms with E-state index in [2.05, 4.69) is 25.8 Å². The molecule has 7 nitrogen and oxygen atoms in total. The van der Waals surface area contributed by atoms with E-state index in [1.807, 2.05) is 0 Å². The minimum absolute atomic E-state index is 0.225. The molecule has 0 spiro atoms. The Kier molecular flexibility index (Phi) is 3.40. The van der Waals surface area contributed by atoms with E-state index in [0.717, 1.165) is 0 Å². The van der Waals surface area contributed by atoms with E-state index < -0.39 is 16.9 Å². The first kappa shape index (κ1) is 11.6. The van der Waals surface area contributed by atoms with E-state index >= 15 is 0 Å². The third kappa shape index (κ3) is 2.32. The van der Waals surface area contributed by atoms with Gasteiger partial charge < -0.3 is 14.9 Å². The molecule has 1 aromatic heterocycles. The SMILES string of the molecule is COC(=O)C(C)n1cc(Br)c([N+](=O)[O-])n1. The van der Waals surface area contributed by atoms with Gasteiger partial charge in [0.2, 0.25) is 0 Å². The quantitative estimate of drug-likeness (QED) is 0.472. The van der Waals surface area contributed by atoms with Crippen LogP contribution in [-0.4, -0.2) is 27.8 Å². The molecule has 0 aliphatic rings. The molecule has 0 fully saturated rings.